The second-order valence-electron chi connectivity index (χ2n) is 10.3. The van der Waals surface area contributed by atoms with E-state index in [4.69, 9.17) is 10.2 Å². The number of nitrogens with zero attached hydrogens (tertiary/aromatic N) is 4. The van der Waals surface area contributed by atoms with Gasteiger partial charge in [0.05, 0.1) is 34.9 Å². The summed E-state index contributed by atoms with van der Waals surface area (Å²) in [4.78, 5) is 0. The molecule has 194 valence electrons. The molecular weight excluding hydrogens is 488 g/mol. The lowest BCUT2D eigenvalue weighted by Gasteiger charge is -2.23. The van der Waals surface area contributed by atoms with Crippen LogP contribution in [0.1, 0.15) is 47.2 Å². The first kappa shape index (κ1) is 24.1. The summed E-state index contributed by atoms with van der Waals surface area (Å²) in [5.74, 6) is 0. The van der Waals surface area contributed by atoms with Crippen LogP contribution in [0.2, 0.25) is 0 Å². The molecule has 2 heterocycles. The lowest BCUT2D eigenvalue weighted by atomic mass is 9.95. The van der Waals surface area contributed by atoms with Crippen molar-refractivity contribution in [3.05, 3.63) is 168 Å². The van der Waals surface area contributed by atoms with Gasteiger partial charge in [0.1, 0.15) is 0 Å². The summed E-state index contributed by atoms with van der Waals surface area (Å²) in [7, 11) is 0. The van der Waals surface area contributed by atoms with Crippen LogP contribution in [0.15, 0.2) is 156 Å². The summed E-state index contributed by atoms with van der Waals surface area (Å²) in [5.41, 5.74) is 9.27. The predicted molar refractivity (Wildman–Crippen MR) is 165 cm³/mol. The zero-order valence-corrected chi connectivity index (χ0v) is 22.2. The Morgan fingerprint density at radius 1 is 0.400 bits per heavy atom. The van der Waals surface area contributed by atoms with Gasteiger partial charge in [-0.15, -0.1) is 0 Å². The Labute approximate surface area is 235 Å². The highest BCUT2D eigenvalue weighted by Gasteiger charge is 2.31. The molecule has 0 aliphatic carbocycles. The monoisotopic (exact) mass is 518 g/mol. The number of anilines is 2. The van der Waals surface area contributed by atoms with Gasteiger partial charge in [-0.05, 0) is 46.5 Å². The van der Waals surface area contributed by atoms with Gasteiger partial charge in [-0.3, -0.25) is 10.0 Å². The van der Waals surface area contributed by atoms with Gasteiger partial charge < -0.3 is 0 Å². The molecule has 2 unspecified atom stereocenters. The van der Waals surface area contributed by atoms with E-state index >= 15 is 0 Å². The Kier molecular flexibility index (Phi) is 6.42. The topological polar surface area (TPSA) is 31.2 Å². The minimum atomic E-state index is 0.170. The van der Waals surface area contributed by atoms with Crippen LogP contribution in [0.4, 0.5) is 11.4 Å². The molecule has 0 amide bonds. The van der Waals surface area contributed by atoms with Gasteiger partial charge in [-0.1, -0.05) is 121 Å². The molecular formula is C36H30N4. The van der Waals surface area contributed by atoms with Crippen molar-refractivity contribution in [2.24, 2.45) is 10.2 Å². The fraction of sp³-hybridized carbons (Fsp3) is 0.111. The van der Waals surface area contributed by atoms with E-state index in [0.717, 1.165) is 46.8 Å². The Morgan fingerprint density at radius 2 is 0.725 bits per heavy atom. The van der Waals surface area contributed by atoms with Crippen molar-refractivity contribution in [3.8, 4) is 0 Å². The molecule has 2 aliphatic heterocycles. The van der Waals surface area contributed by atoms with Gasteiger partial charge in [-0.25, -0.2) is 0 Å². The highest BCUT2D eigenvalue weighted by atomic mass is 15.5. The standard InChI is InChI=1S/C36H30N4/c1-5-13-29(14-6-1)35-25-33(37-39(35)31-17-9-3-10-18-31)27-21-23-28(24-22-27)34-26-36(30-15-7-2-8-16-30)40(38-34)32-19-11-4-12-20-32/h1-24,35-36H,25-26H2. The number of para-hydroxylation sites is 2. The number of benzene rings is 5. The van der Waals surface area contributed by atoms with Gasteiger partial charge in [0, 0.05) is 12.8 Å². The normalized spacial score (nSPS) is 18.5. The molecule has 0 N–H and O–H groups in total. The maximum atomic E-state index is 5.13. The van der Waals surface area contributed by atoms with Crippen molar-refractivity contribution in [2.45, 2.75) is 24.9 Å². The van der Waals surface area contributed by atoms with Crippen LogP contribution in [0.25, 0.3) is 0 Å². The molecule has 2 atom stereocenters. The molecule has 40 heavy (non-hydrogen) atoms. The van der Waals surface area contributed by atoms with Crippen molar-refractivity contribution in [2.75, 3.05) is 10.0 Å². The van der Waals surface area contributed by atoms with Crippen molar-refractivity contribution in [1.29, 1.82) is 0 Å². The molecule has 0 fully saturated rings. The zero-order chi connectivity index (χ0) is 26.7. The molecule has 2 aliphatic rings. The third-order valence-electron chi connectivity index (χ3n) is 7.78. The van der Waals surface area contributed by atoms with Gasteiger partial charge >= 0.3 is 0 Å². The first-order valence-electron chi connectivity index (χ1n) is 13.9. The van der Waals surface area contributed by atoms with Crippen LogP contribution in [-0.2, 0) is 0 Å². The molecule has 5 aromatic carbocycles. The minimum absolute atomic E-state index is 0.170. The second-order valence-corrected chi connectivity index (χ2v) is 10.3. The number of hydrazone groups is 2. The maximum Gasteiger partial charge on any atom is 0.0831 e. The zero-order valence-electron chi connectivity index (χ0n) is 22.2. The fourth-order valence-electron chi connectivity index (χ4n) is 5.73. The lowest BCUT2D eigenvalue weighted by molar-refractivity contribution is 0.709. The van der Waals surface area contributed by atoms with E-state index in [0.29, 0.717) is 0 Å². The summed E-state index contributed by atoms with van der Waals surface area (Å²) in [6, 6.07) is 51.4. The van der Waals surface area contributed by atoms with Crippen molar-refractivity contribution >= 4 is 22.8 Å². The summed E-state index contributed by atoms with van der Waals surface area (Å²) in [6.45, 7) is 0. The van der Waals surface area contributed by atoms with E-state index < -0.39 is 0 Å². The van der Waals surface area contributed by atoms with E-state index in [9.17, 15) is 0 Å². The molecule has 0 saturated heterocycles. The van der Waals surface area contributed by atoms with E-state index in [-0.39, 0.29) is 12.1 Å². The van der Waals surface area contributed by atoms with E-state index in [1.807, 2.05) is 12.1 Å². The molecule has 0 radical (unpaired) electrons. The van der Waals surface area contributed by atoms with E-state index in [2.05, 4.69) is 143 Å². The van der Waals surface area contributed by atoms with Crippen molar-refractivity contribution in [1.82, 2.24) is 0 Å². The van der Waals surface area contributed by atoms with Gasteiger partial charge in [0.15, 0.2) is 0 Å². The Bertz CT molecular complexity index is 1500. The predicted octanol–water partition coefficient (Wildman–Crippen LogP) is 8.40. The summed E-state index contributed by atoms with van der Waals surface area (Å²) in [6.07, 6.45) is 1.72. The van der Waals surface area contributed by atoms with Crippen LogP contribution >= 0.6 is 0 Å². The first-order chi connectivity index (χ1) is 19.8. The largest absolute Gasteiger partial charge is 0.257 e. The highest BCUT2D eigenvalue weighted by molar-refractivity contribution is 6.06. The minimum Gasteiger partial charge on any atom is -0.257 e. The molecule has 0 bridgehead atoms. The Morgan fingerprint density at radius 3 is 1.07 bits per heavy atom. The van der Waals surface area contributed by atoms with Crippen molar-refractivity contribution < 1.29 is 0 Å². The molecule has 7 rings (SSSR count). The Hall–Kier alpha value is -4.96. The van der Waals surface area contributed by atoms with Crippen LogP contribution in [0.5, 0.6) is 0 Å². The van der Waals surface area contributed by atoms with Crippen LogP contribution < -0.4 is 10.0 Å². The number of rotatable bonds is 6. The molecule has 4 nitrogen and oxygen atoms in total. The van der Waals surface area contributed by atoms with E-state index in [1.165, 1.54) is 11.1 Å². The summed E-state index contributed by atoms with van der Waals surface area (Å²) in [5, 5.41) is 14.6. The van der Waals surface area contributed by atoms with E-state index in [1.54, 1.807) is 0 Å². The molecule has 5 aromatic rings. The molecule has 4 heteroatoms. The average molecular weight is 519 g/mol. The maximum absolute atomic E-state index is 5.13. The smallest absolute Gasteiger partial charge is 0.0831 e. The van der Waals surface area contributed by atoms with Crippen LogP contribution in [0, 0.1) is 0 Å². The summed E-state index contributed by atoms with van der Waals surface area (Å²) < 4.78 is 0. The average Bonchev–Trinajstić information content (AvgIpc) is 3.69. The quantitative estimate of drug-likeness (QED) is 0.226. The van der Waals surface area contributed by atoms with Crippen LogP contribution in [0.3, 0.4) is 0 Å². The van der Waals surface area contributed by atoms with Crippen LogP contribution in [-0.4, -0.2) is 11.4 Å². The van der Waals surface area contributed by atoms with Gasteiger partial charge in [0.2, 0.25) is 0 Å². The lowest BCUT2D eigenvalue weighted by Crippen LogP contribution is -2.18. The van der Waals surface area contributed by atoms with Crippen molar-refractivity contribution in [3.63, 3.8) is 0 Å². The number of hydrogen-bond donors (Lipinski definition) is 0. The second kappa shape index (κ2) is 10.7. The molecule has 0 aromatic heterocycles. The number of hydrogen-bond acceptors (Lipinski definition) is 4. The van der Waals surface area contributed by atoms with Gasteiger partial charge in [0.25, 0.3) is 0 Å². The molecule has 0 saturated carbocycles. The Balaban J connectivity index is 1.18. The fourth-order valence-corrected chi connectivity index (χ4v) is 5.73. The summed E-state index contributed by atoms with van der Waals surface area (Å²) >= 11 is 0. The highest BCUT2D eigenvalue weighted by Crippen LogP contribution is 2.38. The van der Waals surface area contributed by atoms with Gasteiger partial charge in [-0.2, -0.15) is 10.2 Å². The third-order valence-corrected chi connectivity index (χ3v) is 7.78. The third kappa shape index (κ3) is 4.69. The molecule has 0 spiro atoms. The SMILES string of the molecule is c1ccc(C2CC(c3ccc(C4=NN(c5ccccc5)C(c5ccccc5)C4)cc3)=NN2c2ccccc2)cc1. The first-order valence-corrected chi connectivity index (χ1v) is 13.9.